The van der Waals surface area contributed by atoms with Crippen LogP contribution in [0.15, 0.2) is 48.7 Å². The van der Waals surface area contributed by atoms with E-state index in [1.807, 2.05) is 30.3 Å². The minimum absolute atomic E-state index is 0.0209. The molecule has 1 aliphatic rings. The van der Waals surface area contributed by atoms with Gasteiger partial charge in [0.15, 0.2) is 6.20 Å². The van der Waals surface area contributed by atoms with E-state index in [-0.39, 0.29) is 11.7 Å². The van der Waals surface area contributed by atoms with Crippen molar-refractivity contribution in [1.29, 1.82) is 0 Å². The van der Waals surface area contributed by atoms with E-state index in [9.17, 15) is 14.9 Å². The molecule has 142 valence electrons. The number of ether oxygens (including phenoxy) is 1. The highest BCUT2D eigenvalue weighted by molar-refractivity contribution is 5.80. The molecule has 0 radical (unpaired) electrons. The lowest BCUT2D eigenvalue weighted by Gasteiger charge is -2.36. The van der Waals surface area contributed by atoms with Crippen LogP contribution in [-0.4, -0.2) is 53.0 Å². The van der Waals surface area contributed by atoms with E-state index < -0.39 is 11.0 Å². The number of nitrogens with zero attached hydrogens (tertiary/aromatic N) is 4. The molecule has 1 aliphatic heterocycles. The van der Waals surface area contributed by atoms with Crippen molar-refractivity contribution in [3.05, 3.63) is 64.3 Å². The van der Waals surface area contributed by atoms with Crippen LogP contribution in [0.1, 0.15) is 12.5 Å². The molecule has 1 saturated heterocycles. The van der Waals surface area contributed by atoms with E-state index in [1.54, 1.807) is 17.9 Å². The van der Waals surface area contributed by atoms with E-state index in [0.29, 0.717) is 32.8 Å². The Morgan fingerprint density at radius 3 is 2.48 bits per heavy atom. The molecular formula is C19H22N4O4. The van der Waals surface area contributed by atoms with Gasteiger partial charge in [-0.05, 0) is 28.5 Å². The largest absolute Gasteiger partial charge is 0.365 e. The first-order valence-electron chi connectivity index (χ1n) is 8.84. The topological polar surface area (TPSA) is 88.8 Å². The molecule has 0 aliphatic carbocycles. The Hall–Kier alpha value is -3.00. The molecule has 2 heterocycles. The molecule has 0 saturated carbocycles. The van der Waals surface area contributed by atoms with Gasteiger partial charge in [-0.2, -0.15) is 0 Å². The van der Waals surface area contributed by atoms with E-state index in [2.05, 4.69) is 9.88 Å². The maximum Gasteiger partial charge on any atom is 0.363 e. The number of carbonyl (C=O) groups is 1. The lowest BCUT2D eigenvalue weighted by molar-refractivity contribution is -0.389. The van der Waals surface area contributed by atoms with Crippen molar-refractivity contribution in [2.24, 2.45) is 0 Å². The average molecular weight is 370 g/mol. The summed E-state index contributed by atoms with van der Waals surface area (Å²) in [4.78, 5) is 30.5. The average Bonchev–Trinajstić information content (AvgIpc) is 2.72. The Morgan fingerprint density at radius 2 is 1.89 bits per heavy atom. The van der Waals surface area contributed by atoms with Crippen LogP contribution in [0, 0.1) is 10.1 Å². The SMILES string of the molecule is C[C@@H](OCc1ccccc1)C(=O)N1CCN(c2ccc([N+](=O)[O-])nc2)CC1. The molecule has 1 aromatic heterocycles. The normalized spacial score (nSPS) is 15.4. The Kier molecular flexibility index (Phi) is 5.97. The van der Waals surface area contributed by atoms with Gasteiger partial charge in [0.25, 0.3) is 5.91 Å². The summed E-state index contributed by atoms with van der Waals surface area (Å²) in [6.07, 6.45) is 0.999. The molecular weight excluding hydrogens is 348 g/mol. The number of amides is 1. The van der Waals surface area contributed by atoms with Gasteiger partial charge in [-0.1, -0.05) is 30.3 Å². The van der Waals surface area contributed by atoms with Gasteiger partial charge in [-0.25, -0.2) is 0 Å². The van der Waals surface area contributed by atoms with Crippen molar-refractivity contribution in [2.45, 2.75) is 19.6 Å². The Bertz CT molecular complexity index is 774. The number of pyridine rings is 1. The quantitative estimate of drug-likeness (QED) is 0.572. The number of benzene rings is 1. The lowest BCUT2D eigenvalue weighted by atomic mass is 10.2. The second-order valence-corrected chi connectivity index (χ2v) is 6.38. The molecule has 0 unspecified atom stereocenters. The first-order valence-corrected chi connectivity index (χ1v) is 8.84. The van der Waals surface area contributed by atoms with Crippen LogP contribution in [0.2, 0.25) is 0 Å². The van der Waals surface area contributed by atoms with Crippen molar-refractivity contribution >= 4 is 17.4 Å². The fourth-order valence-electron chi connectivity index (χ4n) is 2.98. The minimum Gasteiger partial charge on any atom is -0.365 e. The van der Waals surface area contributed by atoms with Gasteiger partial charge in [-0.3, -0.25) is 4.79 Å². The third-order valence-electron chi connectivity index (χ3n) is 4.57. The molecule has 1 atom stereocenters. The van der Waals surface area contributed by atoms with Crippen LogP contribution < -0.4 is 4.90 Å². The van der Waals surface area contributed by atoms with Crippen molar-refractivity contribution in [3.8, 4) is 0 Å². The van der Waals surface area contributed by atoms with Gasteiger partial charge < -0.3 is 24.7 Å². The number of carbonyl (C=O) groups excluding carboxylic acids is 1. The Morgan fingerprint density at radius 1 is 1.19 bits per heavy atom. The summed E-state index contributed by atoms with van der Waals surface area (Å²) < 4.78 is 5.71. The monoisotopic (exact) mass is 370 g/mol. The van der Waals surface area contributed by atoms with Crippen molar-refractivity contribution in [1.82, 2.24) is 9.88 Å². The molecule has 1 aromatic carbocycles. The van der Waals surface area contributed by atoms with Gasteiger partial charge in [0, 0.05) is 32.2 Å². The summed E-state index contributed by atoms with van der Waals surface area (Å²) >= 11 is 0. The third-order valence-corrected chi connectivity index (χ3v) is 4.57. The number of rotatable bonds is 6. The van der Waals surface area contributed by atoms with Gasteiger partial charge in [0.2, 0.25) is 0 Å². The minimum atomic E-state index is -0.517. The highest BCUT2D eigenvalue weighted by Gasteiger charge is 2.26. The first kappa shape index (κ1) is 18.8. The van der Waals surface area contributed by atoms with Crippen LogP contribution >= 0.6 is 0 Å². The molecule has 1 amide bonds. The number of hydrogen-bond donors (Lipinski definition) is 0. The maximum atomic E-state index is 12.6. The van der Waals surface area contributed by atoms with Gasteiger partial charge in [0.1, 0.15) is 6.10 Å². The van der Waals surface area contributed by atoms with Gasteiger partial charge in [0.05, 0.1) is 12.3 Å². The molecule has 0 bridgehead atoms. The van der Waals surface area contributed by atoms with Crippen molar-refractivity contribution in [2.75, 3.05) is 31.1 Å². The number of nitro groups is 1. The molecule has 27 heavy (non-hydrogen) atoms. The smallest absolute Gasteiger partial charge is 0.363 e. The molecule has 8 nitrogen and oxygen atoms in total. The van der Waals surface area contributed by atoms with Crippen LogP contribution in [0.5, 0.6) is 0 Å². The molecule has 0 spiro atoms. The summed E-state index contributed by atoms with van der Waals surface area (Å²) in [6, 6.07) is 12.8. The number of piperazine rings is 1. The number of anilines is 1. The molecule has 0 N–H and O–H groups in total. The Balaban J connectivity index is 1.49. The van der Waals surface area contributed by atoms with Gasteiger partial charge >= 0.3 is 5.82 Å². The van der Waals surface area contributed by atoms with Crippen molar-refractivity contribution < 1.29 is 14.5 Å². The van der Waals surface area contributed by atoms with Crippen LogP contribution in [-0.2, 0) is 16.1 Å². The molecule has 2 aromatic rings. The molecule has 8 heteroatoms. The zero-order chi connectivity index (χ0) is 19.2. The standard InChI is InChI=1S/C19H22N4O4/c1-15(27-14-16-5-3-2-4-6-16)19(24)22-11-9-21(10-12-22)17-7-8-18(20-13-17)23(25)26/h2-8,13,15H,9-12,14H2,1H3/t15-/m1/s1. The summed E-state index contributed by atoms with van der Waals surface area (Å²) in [5.41, 5.74) is 1.86. The maximum absolute atomic E-state index is 12.6. The summed E-state index contributed by atoms with van der Waals surface area (Å²) in [5.74, 6) is -0.190. The lowest BCUT2D eigenvalue weighted by Crippen LogP contribution is -2.51. The Labute approximate surface area is 157 Å². The third kappa shape index (κ3) is 4.79. The summed E-state index contributed by atoms with van der Waals surface area (Å²) in [6.45, 7) is 4.64. The van der Waals surface area contributed by atoms with Crippen molar-refractivity contribution in [3.63, 3.8) is 0 Å². The molecule has 1 fully saturated rings. The highest BCUT2D eigenvalue weighted by atomic mass is 16.6. The number of aromatic nitrogens is 1. The van der Waals surface area contributed by atoms with Gasteiger partial charge in [-0.15, -0.1) is 0 Å². The zero-order valence-electron chi connectivity index (χ0n) is 15.2. The first-order chi connectivity index (χ1) is 13.0. The van der Waals surface area contributed by atoms with E-state index >= 15 is 0 Å². The highest BCUT2D eigenvalue weighted by Crippen LogP contribution is 2.18. The van der Waals surface area contributed by atoms with Crippen LogP contribution in [0.25, 0.3) is 0 Å². The second-order valence-electron chi connectivity index (χ2n) is 6.38. The number of hydrogen-bond acceptors (Lipinski definition) is 6. The second kappa shape index (κ2) is 8.59. The van der Waals surface area contributed by atoms with E-state index in [0.717, 1.165) is 11.3 Å². The van der Waals surface area contributed by atoms with Crippen LogP contribution in [0.3, 0.4) is 0 Å². The van der Waals surface area contributed by atoms with E-state index in [4.69, 9.17) is 4.74 Å². The van der Waals surface area contributed by atoms with Crippen LogP contribution in [0.4, 0.5) is 11.5 Å². The summed E-state index contributed by atoms with van der Waals surface area (Å²) in [5, 5.41) is 10.7. The zero-order valence-corrected chi connectivity index (χ0v) is 15.2. The van der Waals surface area contributed by atoms with E-state index in [1.165, 1.54) is 12.3 Å². The molecule has 3 rings (SSSR count). The fraction of sp³-hybridized carbons (Fsp3) is 0.368. The summed E-state index contributed by atoms with van der Waals surface area (Å²) in [7, 11) is 0. The predicted molar refractivity (Wildman–Crippen MR) is 100 cm³/mol. The predicted octanol–water partition coefficient (Wildman–Crippen LogP) is 2.24. The fourth-order valence-corrected chi connectivity index (χ4v) is 2.98.